The lowest BCUT2D eigenvalue weighted by Crippen LogP contribution is -2.40. The van der Waals surface area contributed by atoms with E-state index in [1.54, 1.807) is 12.3 Å². The molecule has 1 heterocycles. The molecule has 0 atom stereocenters. The number of carbonyl (C=O) groups excluding carboxylic acids is 2. The molecule has 0 bridgehead atoms. The second kappa shape index (κ2) is 6.53. The Labute approximate surface area is 96.3 Å². The van der Waals surface area contributed by atoms with Crippen LogP contribution in [0.15, 0.2) is 11.6 Å². The molecule has 0 unspecified atom stereocenters. The number of aromatic nitrogens is 1. The van der Waals surface area contributed by atoms with Gasteiger partial charge in [0.05, 0.1) is 11.1 Å². The molecule has 0 aliphatic carbocycles. The van der Waals surface area contributed by atoms with Crippen LogP contribution < -0.4 is 10.6 Å². The topological polar surface area (TPSA) is 94.9 Å². The second-order valence-corrected chi connectivity index (χ2v) is 3.75. The van der Waals surface area contributed by atoms with Crippen LogP contribution in [0.25, 0.3) is 0 Å². The molecule has 0 spiro atoms. The Kier molecular flexibility index (Phi) is 4.95. The quantitative estimate of drug-likeness (QED) is 0.543. The van der Waals surface area contributed by atoms with Crippen LogP contribution in [-0.2, 0) is 16.0 Å². The van der Waals surface area contributed by atoms with E-state index in [-0.39, 0.29) is 6.54 Å². The zero-order chi connectivity index (χ0) is 11.8. The van der Waals surface area contributed by atoms with Crippen LogP contribution in [0.2, 0.25) is 0 Å². The first kappa shape index (κ1) is 12.1. The van der Waals surface area contributed by atoms with Crippen LogP contribution in [0.1, 0.15) is 5.01 Å². The molecule has 1 rings (SSSR count). The molecule has 1 aromatic rings. The fourth-order valence-corrected chi connectivity index (χ4v) is 1.56. The number of carbonyl (C=O) groups is 2. The van der Waals surface area contributed by atoms with Crippen molar-refractivity contribution in [3.8, 4) is 6.07 Å². The van der Waals surface area contributed by atoms with Gasteiger partial charge in [-0.05, 0) is 0 Å². The summed E-state index contributed by atoms with van der Waals surface area (Å²) in [5, 5.41) is 15.5. The fraction of sp³-hybridized carbons (Fsp3) is 0.333. The molecule has 0 saturated heterocycles. The van der Waals surface area contributed by atoms with Crippen molar-refractivity contribution in [3.63, 3.8) is 0 Å². The van der Waals surface area contributed by atoms with Gasteiger partial charge in [-0.1, -0.05) is 0 Å². The summed E-state index contributed by atoms with van der Waals surface area (Å²) in [7, 11) is 0. The predicted octanol–water partition coefficient (Wildman–Crippen LogP) is -0.558. The zero-order valence-corrected chi connectivity index (χ0v) is 9.21. The smallest absolute Gasteiger partial charge is 0.310 e. The number of rotatable bonds is 4. The molecule has 6 nitrogen and oxygen atoms in total. The standard InChI is InChI=1S/C9H10N4O2S/c10-2-4-13-9(15)8(14)12-3-1-7-11-5-6-16-7/h5-6H,1,3-4H2,(H,12,14)(H,13,15). The Morgan fingerprint density at radius 1 is 1.44 bits per heavy atom. The third-order valence-electron chi connectivity index (χ3n) is 1.64. The van der Waals surface area contributed by atoms with E-state index in [0.29, 0.717) is 13.0 Å². The van der Waals surface area contributed by atoms with Crippen molar-refractivity contribution in [2.45, 2.75) is 6.42 Å². The van der Waals surface area contributed by atoms with E-state index in [0.717, 1.165) is 5.01 Å². The van der Waals surface area contributed by atoms with E-state index in [4.69, 9.17) is 5.26 Å². The molecule has 0 fully saturated rings. The van der Waals surface area contributed by atoms with Crippen molar-refractivity contribution in [3.05, 3.63) is 16.6 Å². The monoisotopic (exact) mass is 238 g/mol. The molecule has 0 radical (unpaired) electrons. The Bertz CT molecular complexity index is 396. The summed E-state index contributed by atoms with van der Waals surface area (Å²) in [6, 6.07) is 1.71. The van der Waals surface area contributed by atoms with Gasteiger partial charge in [-0.15, -0.1) is 11.3 Å². The normalized spacial score (nSPS) is 9.19. The maximum absolute atomic E-state index is 11.1. The van der Waals surface area contributed by atoms with Gasteiger partial charge >= 0.3 is 11.8 Å². The minimum Gasteiger partial charge on any atom is -0.347 e. The molecule has 0 aliphatic rings. The van der Waals surface area contributed by atoms with E-state index < -0.39 is 11.8 Å². The molecular formula is C9H10N4O2S. The average molecular weight is 238 g/mol. The number of hydrogen-bond acceptors (Lipinski definition) is 5. The lowest BCUT2D eigenvalue weighted by Gasteiger charge is -2.02. The van der Waals surface area contributed by atoms with Gasteiger partial charge in [0, 0.05) is 24.5 Å². The third-order valence-corrected chi connectivity index (χ3v) is 2.48. The van der Waals surface area contributed by atoms with Gasteiger partial charge in [-0.25, -0.2) is 4.98 Å². The van der Waals surface area contributed by atoms with Gasteiger partial charge in [-0.2, -0.15) is 5.26 Å². The number of thiazole rings is 1. The summed E-state index contributed by atoms with van der Waals surface area (Å²) < 4.78 is 0. The van der Waals surface area contributed by atoms with Crippen molar-refractivity contribution >= 4 is 23.2 Å². The van der Waals surface area contributed by atoms with E-state index in [1.807, 2.05) is 5.38 Å². The molecule has 2 amide bonds. The first-order valence-corrected chi connectivity index (χ1v) is 5.43. The molecule has 1 aromatic heterocycles. The van der Waals surface area contributed by atoms with Gasteiger partial charge in [0.1, 0.15) is 6.54 Å². The van der Waals surface area contributed by atoms with Gasteiger partial charge in [0.15, 0.2) is 0 Å². The van der Waals surface area contributed by atoms with Crippen molar-refractivity contribution < 1.29 is 9.59 Å². The van der Waals surface area contributed by atoms with Gasteiger partial charge in [0.25, 0.3) is 0 Å². The van der Waals surface area contributed by atoms with Crippen molar-refractivity contribution in [1.82, 2.24) is 15.6 Å². The average Bonchev–Trinajstić information content (AvgIpc) is 2.78. The Morgan fingerprint density at radius 2 is 2.19 bits per heavy atom. The molecule has 0 aromatic carbocycles. The van der Waals surface area contributed by atoms with Crippen molar-refractivity contribution in [2.75, 3.05) is 13.1 Å². The molecule has 2 N–H and O–H groups in total. The zero-order valence-electron chi connectivity index (χ0n) is 8.40. The first-order chi connectivity index (χ1) is 7.74. The van der Waals surface area contributed by atoms with Gasteiger partial charge < -0.3 is 10.6 Å². The Hall–Kier alpha value is -1.94. The minimum absolute atomic E-state index is 0.168. The summed E-state index contributed by atoms with van der Waals surface area (Å²) in [5.41, 5.74) is 0. The minimum atomic E-state index is -0.791. The maximum atomic E-state index is 11.1. The number of nitrogens with one attached hydrogen (secondary N) is 2. The highest BCUT2D eigenvalue weighted by atomic mass is 32.1. The predicted molar refractivity (Wildman–Crippen MR) is 57.5 cm³/mol. The van der Waals surface area contributed by atoms with Crippen LogP contribution >= 0.6 is 11.3 Å². The highest BCUT2D eigenvalue weighted by molar-refractivity contribution is 7.09. The highest BCUT2D eigenvalue weighted by Gasteiger charge is 2.11. The SMILES string of the molecule is N#CCNC(=O)C(=O)NCCc1nccs1. The summed E-state index contributed by atoms with van der Waals surface area (Å²) in [5.74, 6) is -1.52. The Balaban J connectivity index is 2.20. The van der Waals surface area contributed by atoms with Crippen LogP contribution in [0.3, 0.4) is 0 Å². The molecule has 7 heteroatoms. The van der Waals surface area contributed by atoms with Crippen LogP contribution in [-0.4, -0.2) is 29.9 Å². The summed E-state index contributed by atoms with van der Waals surface area (Å²) >= 11 is 1.49. The fourth-order valence-electron chi connectivity index (χ4n) is 0.940. The van der Waals surface area contributed by atoms with Crippen LogP contribution in [0, 0.1) is 11.3 Å². The summed E-state index contributed by atoms with van der Waals surface area (Å²) in [6.45, 7) is 0.186. The van der Waals surface area contributed by atoms with Crippen LogP contribution in [0.4, 0.5) is 0 Å². The first-order valence-electron chi connectivity index (χ1n) is 4.55. The van der Waals surface area contributed by atoms with E-state index in [1.165, 1.54) is 11.3 Å². The number of nitriles is 1. The van der Waals surface area contributed by atoms with Crippen molar-refractivity contribution in [1.29, 1.82) is 5.26 Å². The van der Waals surface area contributed by atoms with Crippen LogP contribution in [0.5, 0.6) is 0 Å². The maximum Gasteiger partial charge on any atom is 0.310 e. The lowest BCUT2D eigenvalue weighted by molar-refractivity contribution is -0.139. The van der Waals surface area contributed by atoms with E-state index >= 15 is 0 Å². The molecule has 84 valence electrons. The molecular weight excluding hydrogens is 228 g/mol. The van der Waals surface area contributed by atoms with Gasteiger partial charge in [0.2, 0.25) is 0 Å². The summed E-state index contributed by atoms with van der Waals surface area (Å²) in [4.78, 5) is 26.2. The third kappa shape index (κ3) is 4.06. The van der Waals surface area contributed by atoms with Gasteiger partial charge in [-0.3, -0.25) is 9.59 Å². The second-order valence-electron chi connectivity index (χ2n) is 2.77. The largest absolute Gasteiger partial charge is 0.347 e. The molecule has 0 saturated carbocycles. The summed E-state index contributed by atoms with van der Waals surface area (Å²) in [6.07, 6.45) is 2.27. The van der Waals surface area contributed by atoms with Crippen molar-refractivity contribution in [2.24, 2.45) is 0 Å². The highest BCUT2D eigenvalue weighted by Crippen LogP contribution is 2.03. The molecule has 16 heavy (non-hydrogen) atoms. The molecule has 0 aliphatic heterocycles. The number of amides is 2. The number of hydrogen-bond donors (Lipinski definition) is 2. The van der Waals surface area contributed by atoms with E-state index in [9.17, 15) is 9.59 Å². The Morgan fingerprint density at radius 3 is 2.81 bits per heavy atom. The lowest BCUT2D eigenvalue weighted by atomic mass is 10.4. The van der Waals surface area contributed by atoms with E-state index in [2.05, 4.69) is 15.6 Å². The number of nitrogens with zero attached hydrogens (tertiary/aromatic N) is 2.